The molecular formula is C9H17N2O2S+. The lowest BCUT2D eigenvalue weighted by Crippen LogP contribution is -2.45. The van der Waals surface area contributed by atoms with E-state index in [4.69, 9.17) is 4.74 Å². The van der Waals surface area contributed by atoms with E-state index in [1.807, 2.05) is 6.92 Å². The number of hydrogen-bond donors (Lipinski definition) is 0. The number of aliphatic imine (C=N–C) groups is 1. The van der Waals surface area contributed by atoms with Gasteiger partial charge in [0.1, 0.15) is 24.0 Å². The van der Waals surface area contributed by atoms with E-state index in [0.717, 1.165) is 19.4 Å². The van der Waals surface area contributed by atoms with Crippen molar-refractivity contribution in [2.75, 3.05) is 19.8 Å². The van der Waals surface area contributed by atoms with E-state index in [-0.39, 0.29) is 9.98 Å². The summed E-state index contributed by atoms with van der Waals surface area (Å²) in [5.74, 6) is 0. The van der Waals surface area contributed by atoms with Crippen molar-refractivity contribution in [3.8, 4) is 0 Å². The van der Waals surface area contributed by atoms with Crippen molar-refractivity contribution in [3.05, 3.63) is 0 Å². The molecule has 1 aliphatic heterocycles. The van der Waals surface area contributed by atoms with Crippen LogP contribution in [0.1, 0.15) is 26.7 Å². The van der Waals surface area contributed by atoms with Crippen LogP contribution in [0.3, 0.4) is 0 Å². The third-order valence-corrected chi connectivity index (χ3v) is 3.20. The summed E-state index contributed by atoms with van der Waals surface area (Å²) in [5, 5.41) is 0. The Bertz CT molecular complexity index is 223. The van der Waals surface area contributed by atoms with Crippen LogP contribution in [0.4, 0.5) is 4.79 Å². The Morgan fingerprint density at radius 2 is 2.43 bits per heavy atom. The van der Waals surface area contributed by atoms with Crippen LogP contribution in [0.25, 0.3) is 0 Å². The molecule has 0 fully saturated rings. The van der Waals surface area contributed by atoms with Crippen LogP contribution in [0.15, 0.2) is 4.99 Å². The molecule has 1 atom stereocenters. The molecule has 0 bridgehead atoms. The second-order valence-electron chi connectivity index (χ2n) is 3.20. The summed E-state index contributed by atoms with van der Waals surface area (Å²) in [6.07, 6.45) is 1.94. The van der Waals surface area contributed by atoms with Crippen LogP contribution in [-0.4, -0.2) is 35.3 Å². The molecule has 0 spiro atoms. The van der Waals surface area contributed by atoms with E-state index in [1.165, 1.54) is 11.9 Å². The minimum absolute atomic E-state index is 0.163. The van der Waals surface area contributed by atoms with E-state index in [2.05, 4.69) is 11.9 Å². The maximum absolute atomic E-state index is 11.7. The number of ether oxygens (including phenoxy) is 1. The van der Waals surface area contributed by atoms with Crippen molar-refractivity contribution in [2.45, 2.75) is 26.7 Å². The van der Waals surface area contributed by atoms with E-state index >= 15 is 0 Å². The molecule has 0 saturated carbocycles. The number of amides is 1. The lowest BCUT2D eigenvalue weighted by molar-refractivity contribution is -0.715. The molecule has 0 aromatic heterocycles. The van der Waals surface area contributed by atoms with Crippen molar-refractivity contribution in [1.29, 1.82) is 0 Å². The van der Waals surface area contributed by atoms with E-state index in [9.17, 15) is 4.79 Å². The quantitative estimate of drug-likeness (QED) is 0.536. The summed E-state index contributed by atoms with van der Waals surface area (Å²) in [7, 11) is 0. The molecule has 4 nitrogen and oxygen atoms in total. The maximum atomic E-state index is 11.7. The zero-order chi connectivity index (χ0) is 10.4. The third kappa shape index (κ3) is 2.48. The Hall–Kier alpha value is -0.550. The minimum atomic E-state index is -0.163. The molecule has 0 saturated heterocycles. The fourth-order valence-corrected chi connectivity index (χ4v) is 2.11. The van der Waals surface area contributed by atoms with Crippen molar-refractivity contribution in [2.24, 2.45) is 4.99 Å². The fraction of sp³-hybridized carbons (Fsp3) is 0.778. The van der Waals surface area contributed by atoms with Crippen molar-refractivity contribution < 1.29 is 13.4 Å². The molecule has 5 heteroatoms. The largest absolute Gasteiger partial charge is 0.529 e. The molecular weight excluding hydrogens is 200 g/mol. The van der Waals surface area contributed by atoms with Gasteiger partial charge in [0.25, 0.3) is 0 Å². The molecule has 0 aromatic carbocycles. The molecule has 0 radical (unpaired) electrons. The molecule has 1 heterocycles. The van der Waals surface area contributed by atoms with Gasteiger partial charge in [0.15, 0.2) is 6.67 Å². The number of nitrogens with zero attached hydrogens (tertiary/aromatic N) is 2. The first-order chi connectivity index (χ1) is 6.75. The fourth-order valence-electron chi connectivity index (χ4n) is 1.29. The molecule has 1 rings (SSSR count). The topological polar surface area (TPSA) is 38.7 Å². The number of unbranched alkanes of at least 4 members (excludes halogenated alkanes) is 1. The smallest absolute Gasteiger partial charge is 0.420 e. The first-order valence-electron chi connectivity index (χ1n) is 4.96. The molecule has 1 unspecified atom stereocenters. The highest BCUT2D eigenvalue weighted by Crippen LogP contribution is 2.28. The van der Waals surface area contributed by atoms with Crippen molar-refractivity contribution in [1.82, 2.24) is 0 Å². The van der Waals surface area contributed by atoms with Crippen molar-refractivity contribution >= 4 is 23.6 Å². The number of quaternary nitrogens is 1. The Morgan fingerprint density at radius 3 is 2.93 bits per heavy atom. The Morgan fingerprint density at radius 1 is 1.64 bits per heavy atom. The average molecular weight is 217 g/mol. The first kappa shape index (κ1) is 11.5. The predicted octanol–water partition coefficient (Wildman–Crippen LogP) is 2.41. The van der Waals surface area contributed by atoms with Gasteiger partial charge in [0.05, 0.1) is 6.61 Å². The first-order valence-corrected chi connectivity index (χ1v) is 5.80. The van der Waals surface area contributed by atoms with E-state index in [0.29, 0.717) is 13.3 Å². The third-order valence-electron chi connectivity index (χ3n) is 2.11. The number of hydrogen-bond acceptors (Lipinski definition) is 4. The Labute approximate surface area is 89.1 Å². The van der Waals surface area contributed by atoms with Gasteiger partial charge in [0, 0.05) is 0 Å². The van der Waals surface area contributed by atoms with Gasteiger partial charge in [-0.05, 0) is 13.3 Å². The minimum Gasteiger partial charge on any atom is -0.420 e. The zero-order valence-electron chi connectivity index (χ0n) is 8.73. The SMILES string of the molecule is CCCC[N+]1(C(=O)OCC)CN=CS1. The molecule has 1 amide bonds. The maximum Gasteiger partial charge on any atom is 0.529 e. The second kappa shape index (κ2) is 5.36. The van der Waals surface area contributed by atoms with Crippen LogP contribution in [0.5, 0.6) is 0 Å². The van der Waals surface area contributed by atoms with Gasteiger partial charge in [-0.25, -0.2) is 4.99 Å². The highest BCUT2D eigenvalue weighted by atomic mass is 32.2. The van der Waals surface area contributed by atoms with E-state index in [1.54, 1.807) is 5.55 Å². The van der Waals surface area contributed by atoms with Crippen molar-refractivity contribution in [3.63, 3.8) is 0 Å². The summed E-state index contributed by atoms with van der Waals surface area (Å²) < 4.78 is 5.34. The van der Waals surface area contributed by atoms with Gasteiger partial charge in [-0.15, -0.1) is 3.89 Å². The Balaban J connectivity index is 2.57. The van der Waals surface area contributed by atoms with Gasteiger partial charge in [-0.1, -0.05) is 13.3 Å². The van der Waals surface area contributed by atoms with Crippen LogP contribution in [0.2, 0.25) is 0 Å². The summed E-state index contributed by atoms with van der Waals surface area (Å²) >= 11 is 1.45. The lowest BCUT2D eigenvalue weighted by Gasteiger charge is -2.24. The number of carbonyl (C=O) groups excluding carboxylic acids is 1. The van der Waals surface area contributed by atoms with Crippen LogP contribution in [0, 0.1) is 0 Å². The van der Waals surface area contributed by atoms with Gasteiger partial charge in [-0.3, -0.25) is 0 Å². The van der Waals surface area contributed by atoms with Gasteiger partial charge >= 0.3 is 6.09 Å². The van der Waals surface area contributed by atoms with Crippen LogP contribution >= 0.6 is 11.9 Å². The molecule has 0 aliphatic carbocycles. The van der Waals surface area contributed by atoms with Crippen LogP contribution < -0.4 is 0 Å². The van der Waals surface area contributed by atoms with Crippen LogP contribution in [-0.2, 0) is 4.74 Å². The zero-order valence-corrected chi connectivity index (χ0v) is 9.55. The molecule has 80 valence electrons. The standard InChI is InChI=1S/C9H17N2O2S/c1-3-5-6-11(7-10-8-14-11)9(12)13-4-2/h8H,3-7H2,1-2H3/q+1. The molecule has 1 aliphatic rings. The van der Waals surface area contributed by atoms with Gasteiger partial charge in [-0.2, -0.15) is 4.79 Å². The summed E-state index contributed by atoms with van der Waals surface area (Å²) in [4.78, 5) is 15.8. The molecule has 14 heavy (non-hydrogen) atoms. The number of rotatable bonds is 4. The molecule has 0 aromatic rings. The lowest BCUT2D eigenvalue weighted by atomic mass is 10.3. The highest BCUT2D eigenvalue weighted by Gasteiger charge is 2.42. The Kier molecular flexibility index (Phi) is 4.41. The monoisotopic (exact) mass is 217 g/mol. The summed E-state index contributed by atoms with van der Waals surface area (Å²) in [5.41, 5.74) is 1.74. The predicted molar refractivity (Wildman–Crippen MR) is 58.0 cm³/mol. The van der Waals surface area contributed by atoms with Gasteiger partial charge in [0.2, 0.25) is 0 Å². The van der Waals surface area contributed by atoms with Gasteiger partial charge < -0.3 is 4.74 Å². The normalized spacial score (nSPS) is 25.3. The summed E-state index contributed by atoms with van der Waals surface area (Å²) in [6, 6.07) is 0. The highest BCUT2D eigenvalue weighted by molar-refractivity contribution is 8.07. The average Bonchev–Trinajstić information content (AvgIpc) is 2.65. The molecule has 0 N–H and O–H groups in total. The summed E-state index contributed by atoms with van der Waals surface area (Å²) in [6.45, 7) is 5.70. The second-order valence-corrected chi connectivity index (χ2v) is 4.32. The number of carbonyl (C=O) groups is 1. The van der Waals surface area contributed by atoms with E-state index < -0.39 is 0 Å².